The van der Waals surface area contributed by atoms with Crippen molar-refractivity contribution < 1.29 is 9.53 Å². The molecule has 0 spiro atoms. The quantitative estimate of drug-likeness (QED) is 0.897. The summed E-state index contributed by atoms with van der Waals surface area (Å²) in [6, 6.07) is 13.2. The third-order valence-electron chi connectivity index (χ3n) is 3.31. The van der Waals surface area contributed by atoms with Crippen LogP contribution < -0.4 is 10.1 Å². The lowest BCUT2D eigenvalue weighted by Gasteiger charge is -2.15. The van der Waals surface area contributed by atoms with Crippen LogP contribution in [0.4, 0.5) is 0 Å². The number of hydrogen-bond acceptors (Lipinski definition) is 2. The number of carbonyl (C=O) groups is 1. The number of carbonyl (C=O) groups excluding carboxylic acids is 1. The van der Waals surface area contributed by atoms with Gasteiger partial charge in [0.2, 0.25) is 0 Å². The molecule has 22 heavy (non-hydrogen) atoms. The molecule has 0 fully saturated rings. The zero-order valence-electron chi connectivity index (χ0n) is 13.0. The Balaban J connectivity index is 1.88. The summed E-state index contributed by atoms with van der Waals surface area (Å²) in [5.74, 6) is 0.563. The highest BCUT2D eigenvalue weighted by molar-refractivity contribution is 6.30. The summed E-state index contributed by atoms with van der Waals surface area (Å²) >= 11 is 5.86. The predicted octanol–water partition coefficient (Wildman–Crippen LogP) is 4.21. The van der Waals surface area contributed by atoms with E-state index in [0.717, 1.165) is 16.7 Å². The summed E-state index contributed by atoms with van der Waals surface area (Å²) in [5.41, 5.74) is 3.24. The highest BCUT2D eigenvalue weighted by Crippen LogP contribution is 2.17. The Morgan fingerprint density at radius 2 is 1.73 bits per heavy atom. The number of rotatable bonds is 5. The molecule has 0 saturated carbocycles. The summed E-state index contributed by atoms with van der Waals surface area (Å²) in [6.45, 7) is 5.93. The number of hydrogen-bond donors (Lipinski definition) is 1. The van der Waals surface area contributed by atoms with Gasteiger partial charge in [-0.25, -0.2) is 0 Å². The van der Waals surface area contributed by atoms with Crippen molar-refractivity contribution in [2.45, 2.75) is 26.8 Å². The Morgan fingerprint density at radius 3 is 2.32 bits per heavy atom. The van der Waals surface area contributed by atoms with Crippen LogP contribution in [0.15, 0.2) is 42.5 Å². The van der Waals surface area contributed by atoms with Crippen LogP contribution in [0.2, 0.25) is 5.02 Å². The zero-order chi connectivity index (χ0) is 16.1. The first-order valence-electron chi connectivity index (χ1n) is 7.20. The van der Waals surface area contributed by atoms with E-state index < -0.39 is 0 Å². The molecular formula is C18H20ClNO2. The van der Waals surface area contributed by atoms with Crippen molar-refractivity contribution in [2.75, 3.05) is 6.61 Å². The molecule has 0 radical (unpaired) electrons. The normalized spacial score (nSPS) is 11.8. The third kappa shape index (κ3) is 4.78. The van der Waals surface area contributed by atoms with Crippen LogP contribution in [0.25, 0.3) is 0 Å². The Kier molecular flexibility index (Phi) is 5.45. The number of aryl methyl sites for hydroxylation is 2. The van der Waals surface area contributed by atoms with Gasteiger partial charge in [-0.3, -0.25) is 4.79 Å². The largest absolute Gasteiger partial charge is 0.484 e. The van der Waals surface area contributed by atoms with Gasteiger partial charge in [-0.2, -0.15) is 0 Å². The highest BCUT2D eigenvalue weighted by atomic mass is 35.5. The fourth-order valence-electron chi connectivity index (χ4n) is 2.28. The topological polar surface area (TPSA) is 38.3 Å². The summed E-state index contributed by atoms with van der Waals surface area (Å²) in [5, 5.41) is 3.59. The van der Waals surface area contributed by atoms with Gasteiger partial charge >= 0.3 is 0 Å². The van der Waals surface area contributed by atoms with E-state index in [1.165, 1.54) is 0 Å². The maximum Gasteiger partial charge on any atom is 0.258 e. The minimum Gasteiger partial charge on any atom is -0.484 e. The fourth-order valence-corrected chi connectivity index (χ4v) is 2.41. The monoisotopic (exact) mass is 317 g/mol. The lowest BCUT2D eigenvalue weighted by atomic mass is 10.1. The smallest absolute Gasteiger partial charge is 0.258 e. The van der Waals surface area contributed by atoms with Gasteiger partial charge < -0.3 is 10.1 Å². The second kappa shape index (κ2) is 7.32. The molecule has 2 aromatic rings. The van der Waals surface area contributed by atoms with Crippen LogP contribution in [-0.4, -0.2) is 12.5 Å². The van der Waals surface area contributed by atoms with Gasteiger partial charge in [0, 0.05) is 5.02 Å². The molecule has 1 N–H and O–H groups in total. The first kappa shape index (κ1) is 16.4. The van der Waals surface area contributed by atoms with E-state index in [1.807, 2.05) is 57.2 Å². The third-order valence-corrected chi connectivity index (χ3v) is 3.56. The molecule has 1 atom stereocenters. The molecule has 0 aliphatic rings. The van der Waals surface area contributed by atoms with E-state index in [0.29, 0.717) is 10.8 Å². The van der Waals surface area contributed by atoms with E-state index in [1.54, 1.807) is 0 Å². The first-order valence-corrected chi connectivity index (χ1v) is 7.58. The van der Waals surface area contributed by atoms with Gasteiger partial charge in [-0.05, 0) is 61.7 Å². The van der Waals surface area contributed by atoms with Gasteiger partial charge in [-0.15, -0.1) is 0 Å². The zero-order valence-corrected chi connectivity index (χ0v) is 13.8. The van der Waals surface area contributed by atoms with Crippen LogP contribution >= 0.6 is 11.6 Å². The Labute approximate surface area is 136 Å². The summed E-state index contributed by atoms with van der Waals surface area (Å²) in [4.78, 5) is 12.0. The first-order chi connectivity index (χ1) is 10.4. The molecular weight excluding hydrogens is 298 g/mol. The summed E-state index contributed by atoms with van der Waals surface area (Å²) in [7, 11) is 0. The van der Waals surface area contributed by atoms with Crippen molar-refractivity contribution in [3.05, 3.63) is 64.2 Å². The average Bonchev–Trinajstić information content (AvgIpc) is 2.45. The van der Waals surface area contributed by atoms with Crippen molar-refractivity contribution in [1.82, 2.24) is 5.32 Å². The van der Waals surface area contributed by atoms with Gasteiger partial charge in [0.1, 0.15) is 5.75 Å². The molecule has 0 unspecified atom stereocenters. The molecule has 0 aliphatic carbocycles. The average molecular weight is 318 g/mol. The second-order valence-electron chi connectivity index (χ2n) is 5.45. The van der Waals surface area contributed by atoms with Gasteiger partial charge in [-0.1, -0.05) is 29.8 Å². The van der Waals surface area contributed by atoms with Crippen LogP contribution in [0.1, 0.15) is 29.7 Å². The lowest BCUT2D eigenvalue weighted by molar-refractivity contribution is -0.123. The Hall–Kier alpha value is -2.00. The van der Waals surface area contributed by atoms with E-state index in [-0.39, 0.29) is 18.6 Å². The summed E-state index contributed by atoms with van der Waals surface area (Å²) < 4.78 is 5.55. The standard InChI is InChI=1S/C18H20ClNO2/c1-12-8-13(2)10-17(9-12)22-11-18(21)20-14(3)15-4-6-16(19)7-5-15/h4-10,14H,11H2,1-3H3,(H,20,21)/t14-/m0/s1. The SMILES string of the molecule is Cc1cc(C)cc(OCC(=O)N[C@@H](C)c2ccc(Cl)cc2)c1. The number of amides is 1. The van der Waals surface area contributed by atoms with Gasteiger partial charge in [0.15, 0.2) is 6.61 Å². The molecule has 2 rings (SSSR count). The molecule has 0 aromatic heterocycles. The fraction of sp³-hybridized carbons (Fsp3) is 0.278. The number of ether oxygens (including phenoxy) is 1. The predicted molar refractivity (Wildman–Crippen MR) is 89.4 cm³/mol. The number of nitrogens with one attached hydrogen (secondary N) is 1. The molecule has 116 valence electrons. The lowest BCUT2D eigenvalue weighted by Crippen LogP contribution is -2.31. The van der Waals surface area contributed by atoms with Crippen molar-refractivity contribution >= 4 is 17.5 Å². The van der Waals surface area contributed by atoms with Crippen LogP contribution in [0.5, 0.6) is 5.75 Å². The molecule has 0 heterocycles. The molecule has 2 aromatic carbocycles. The summed E-state index contributed by atoms with van der Waals surface area (Å²) in [6.07, 6.45) is 0. The minimum absolute atomic E-state index is 0.000817. The van der Waals surface area contributed by atoms with Crippen LogP contribution in [0, 0.1) is 13.8 Å². The van der Waals surface area contributed by atoms with Crippen LogP contribution in [-0.2, 0) is 4.79 Å². The van der Waals surface area contributed by atoms with Gasteiger partial charge in [0.05, 0.1) is 6.04 Å². The maximum absolute atomic E-state index is 12.0. The molecule has 0 bridgehead atoms. The molecule has 4 heteroatoms. The molecule has 3 nitrogen and oxygen atoms in total. The Bertz CT molecular complexity index is 632. The Morgan fingerprint density at radius 1 is 1.14 bits per heavy atom. The maximum atomic E-state index is 12.0. The van der Waals surface area contributed by atoms with Crippen molar-refractivity contribution in [2.24, 2.45) is 0 Å². The van der Waals surface area contributed by atoms with Crippen molar-refractivity contribution in [3.8, 4) is 5.75 Å². The second-order valence-corrected chi connectivity index (χ2v) is 5.89. The van der Waals surface area contributed by atoms with E-state index in [2.05, 4.69) is 11.4 Å². The number of benzene rings is 2. The molecule has 0 aliphatic heterocycles. The minimum atomic E-state index is -0.151. The van der Waals surface area contributed by atoms with E-state index >= 15 is 0 Å². The van der Waals surface area contributed by atoms with Crippen molar-refractivity contribution in [1.29, 1.82) is 0 Å². The van der Waals surface area contributed by atoms with E-state index in [4.69, 9.17) is 16.3 Å². The van der Waals surface area contributed by atoms with Crippen LogP contribution in [0.3, 0.4) is 0 Å². The van der Waals surface area contributed by atoms with Crippen molar-refractivity contribution in [3.63, 3.8) is 0 Å². The highest BCUT2D eigenvalue weighted by Gasteiger charge is 2.10. The molecule has 1 amide bonds. The number of halogens is 1. The van der Waals surface area contributed by atoms with E-state index in [9.17, 15) is 4.79 Å². The molecule has 0 saturated heterocycles. The van der Waals surface area contributed by atoms with Gasteiger partial charge in [0.25, 0.3) is 5.91 Å².